The van der Waals surface area contributed by atoms with Crippen LogP contribution in [0.25, 0.3) is 0 Å². The van der Waals surface area contributed by atoms with Gasteiger partial charge in [0, 0.05) is 22.0 Å². The van der Waals surface area contributed by atoms with E-state index in [1.54, 1.807) is 18.2 Å². The summed E-state index contributed by atoms with van der Waals surface area (Å²) in [4.78, 5) is 16.2. The van der Waals surface area contributed by atoms with Crippen molar-refractivity contribution < 1.29 is 14.4 Å². The van der Waals surface area contributed by atoms with Gasteiger partial charge in [-0.3, -0.25) is 0 Å². The first-order chi connectivity index (χ1) is 8.16. The van der Waals surface area contributed by atoms with Crippen LogP contribution in [0.4, 0.5) is 0 Å². The second kappa shape index (κ2) is 5.38. The van der Waals surface area contributed by atoms with Crippen LogP contribution < -0.4 is 0 Å². The van der Waals surface area contributed by atoms with Crippen molar-refractivity contribution in [3.8, 4) is 0 Å². The standard InChI is InChI=1S/C11H9Cl2NO3/c12-8-2-1-7(9(13)5-8)6-16-11(15)10-3-4-17-14-10/h1-2,5H,3-4,6H2. The van der Waals surface area contributed by atoms with Gasteiger partial charge in [-0.05, 0) is 12.1 Å². The highest BCUT2D eigenvalue weighted by Gasteiger charge is 2.18. The highest BCUT2D eigenvalue weighted by Crippen LogP contribution is 2.21. The zero-order valence-electron chi connectivity index (χ0n) is 8.78. The maximum absolute atomic E-state index is 11.5. The van der Waals surface area contributed by atoms with Gasteiger partial charge in [0.25, 0.3) is 0 Å². The van der Waals surface area contributed by atoms with Gasteiger partial charge in [-0.1, -0.05) is 34.4 Å². The van der Waals surface area contributed by atoms with Crippen molar-refractivity contribution in [1.29, 1.82) is 0 Å². The summed E-state index contributed by atoms with van der Waals surface area (Å²) in [7, 11) is 0. The van der Waals surface area contributed by atoms with Crippen LogP contribution in [-0.4, -0.2) is 18.3 Å². The molecule has 1 heterocycles. The normalized spacial score (nSPS) is 14.1. The molecule has 17 heavy (non-hydrogen) atoms. The van der Waals surface area contributed by atoms with E-state index in [2.05, 4.69) is 5.16 Å². The van der Waals surface area contributed by atoms with Gasteiger partial charge in [-0.2, -0.15) is 0 Å². The molecule has 1 aromatic rings. The lowest BCUT2D eigenvalue weighted by Gasteiger charge is -2.05. The summed E-state index contributed by atoms with van der Waals surface area (Å²) >= 11 is 11.7. The zero-order valence-corrected chi connectivity index (χ0v) is 10.3. The van der Waals surface area contributed by atoms with Gasteiger partial charge in [0.1, 0.15) is 13.2 Å². The summed E-state index contributed by atoms with van der Waals surface area (Å²) in [6.45, 7) is 0.514. The van der Waals surface area contributed by atoms with Crippen molar-refractivity contribution in [2.45, 2.75) is 13.0 Å². The molecule has 0 N–H and O–H groups in total. The van der Waals surface area contributed by atoms with Gasteiger partial charge in [0.05, 0.1) is 0 Å². The molecule has 0 atom stereocenters. The van der Waals surface area contributed by atoms with Crippen molar-refractivity contribution in [3.05, 3.63) is 33.8 Å². The third-order valence-corrected chi connectivity index (χ3v) is 2.80. The topological polar surface area (TPSA) is 47.9 Å². The van der Waals surface area contributed by atoms with Crippen LogP contribution >= 0.6 is 23.2 Å². The molecule has 2 rings (SSSR count). The number of carbonyl (C=O) groups excluding carboxylic acids is 1. The molecular weight excluding hydrogens is 265 g/mol. The Morgan fingerprint density at radius 2 is 2.29 bits per heavy atom. The number of hydrogen-bond donors (Lipinski definition) is 0. The van der Waals surface area contributed by atoms with E-state index in [0.717, 1.165) is 0 Å². The van der Waals surface area contributed by atoms with Gasteiger partial charge in [-0.15, -0.1) is 0 Å². The molecule has 0 aromatic heterocycles. The van der Waals surface area contributed by atoms with Crippen LogP contribution in [0.3, 0.4) is 0 Å². The fraction of sp³-hybridized carbons (Fsp3) is 0.273. The smallest absolute Gasteiger partial charge is 0.356 e. The average molecular weight is 274 g/mol. The Labute approximate surface area is 108 Å². The molecule has 1 aromatic carbocycles. The average Bonchev–Trinajstić information content (AvgIpc) is 2.81. The van der Waals surface area contributed by atoms with E-state index >= 15 is 0 Å². The van der Waals surface area contributed by atoms with E-state index in [4.69, 9.17) is 32.8 Å². The van der Waals surface area contributed by atoms with Crippen LogP contribution in [0, 0.1) is 0 Å². The molecule has 0 radical (unpaired) electrons. The van der Waals surface area contributed by atoms with Crippen molar-refractivity contribution >= 4 is 34.9 Å². The van der Waals surface area contributed by atoms with Crippen LogP contribution in [0.1, 0.15) is 12.0 Å². The Morgan fingerprint density at radius 3 is 2.94 bits per heavy atom. The summed E-state index contributed by atoms with van der Waals surface area (Å²) in [5.41, 5.74) is 0.999. The first kappa shape index (κ1) is 12.2. The highest BCUT2D eigenvalue weighted by molar-refractivity contribution is 6.36. The minimum atomic E-state index is -0.478. The van der Waals surface area contributed by atoms with Crippen LogP contribution in [0.2, 0.25) is 10.0 Å². The van der Waals surface area contributed by atoms with E-state index < -0.39 is 5.97 Å². The number of oxime groups is 1. The Bertz CT molecular complexity index is 474. The molecule has 0 bridgehead atoms. The summed E-state index contributed by atoms with van der Waals surface area (Å²) in [5.74, 6) is -0.478. The number of benzene rings is 1. The number of hydrogen-bond acceptors (Lipinski definition) is 4. The molecule has 90 valence electrons. The second-order valence-corrected chi connectivity index (χ2v) is 4.28. The Balaban J connectivity index is 1.95. The molecule has 0 saturated heterocycles. The summed E-state index contributed by atoms with van der Waals surface area (Å²) in [6, 6.07) is 5.00. The number of carbonyl (C=O) groups is 1. The molecule has 0 amide bonds. The van der Waals surface area contributed by atoms with Gasteiger partial charge in [0.15, 0.2) is 5.71 Å². The fourth-order valence-electron chi connectivity index (χ4n) is 1.32. The maximum atomic E-state index is 11.5. The van der Waals surface area contributed by atoms with E-state index in [1.165, 1.54) is 0 Å². The Kier molecular flexibility index (Phi) is 3.86. The monoisotopic (exact) mass is 273 g/mol. The molecular formula is C11H9Cl2NO3. The lowest BCUT2D eigenvalue weighted by molar-refractivity contribution is -0.136. The third kappa shape index (κ3) is 3.11. The van der Waals surface area contributed by atoms with E-state index in [9.17, 15) is 4.79 Å². The lowest BCUT2D eigenvalue weighted by Crippen LogP contribution is -2.15. The van der Waals surface area contributed by atoms with Crippen molar-refractivity contribution in [1.82, 2.24) is 0 Å². The molecule has 0 aliphatic carbocycles. The van der Waals surface area contributed by atoms with Gasteiger partial charge >= 0.3 is 5.97 Å². The zero-order chi connectivity index (χ0) is 12.3. The van der Waals surface area contributed by atoms with Crippen molar-refractivity contribution in [3.63, 3.8) is 0 Å². The summed E-state index contributed by atoms with van der Waals surface area (Å²) in [6.07, 6.45) is 0.479. The van der Waals surface area contributed by atoms with E-state index in [-0.39, 0.29) is 6.61 Å². The van der Waals surface area contributed by atoms with Gasteiger partial charge in [0.2, 0.25) is 0 Å². The number of rotatable bonds is 3. The fourth-order valence-corrected chi connectivity index (χ4v) is 1.78. The second-order valence-electron chi connectivity index (χ2n) is 3.43. The maximum Gasteiger partial charge on any atom is 0.356 e. The number of esters is 1. The number of ether oxygens (including phenoxy) is 1. The van der Waals surface area contributed by atoms with Crippen molar-refractivity contribution in [2.75, 3.05) is 6.61 Å². The van der Waals surface area contributed by atoms with Crippen LogP contribution in [-0.2, 0) is 21.0 Å². The Hall–Kier alpha value is -1.26. The lowest BCUT2D eigenvalue weighted by atomic mass is 10.2. The predicted molar refractivity (Wildman–Crippen MR) is 64.3 cm³/mol. The molecule has 0 fully saturated rings. The minimum Gasteiger partial charge on any atom is -0.456 e. The third-order valence-electron chi connectivity index (χ3n) is 2.21. The highest BCUT2D eigenvalue weighted by atomic mass is 35.5. The molecule has 0 saturated carbocycles. The largest absolute Gasteiger partial charge is 0.456 e. The SMILES string of the molecule is O=C(OCc1ccc(Cl)cc1Cl)C1=NOCC1. The van der Waals surface area contributed by atoms with Gasteiger partial charge < -0.3 is 9.57 Å². The van der Waals surface area contributed by atoms with Crippen LogP contribution in [0.15, 0.2) is 23.4 Å². The van der Waals surface area contributed by atoms with E-state index in [1.807, 2.05) is 0 Å². The molecule has 0 unspecified atom stereocenters. The summed E-state index contributed by atoms with van der Waals surface area (Å²) in [5, 5.41) is 4.58. The van der Waals surface area contributed by atoms with Crippen LogP contribution in [0.5, 0.6) is 0 Å². The summed E-state index contributed by atoms with van der Waals surface area (Å²) < 4.78 is 5.06. The molecule has 1 aliphatic rings. The molecule has 0 spiro atoms. The minimum absolute atomic E-state index is 0.0911. The predicted octanol–water partition coefficient (Wildman–Crippen LogP) is 2.81. The quantitative estimate of drug-likeness (QED) is 0.796. The molecule has 4 nitrogen and oxygen atoms in total. The molecule has 6 heteroatoms. The van der Waals surface area contributed by atoms with Crippen molar-refractivity contribution in [2.24, 2.45) is 5.16 Å². The number of nitrogens with zero attached hydrogens (tertiary/aromatic N) is 1. The first-order valence-electron chi connectivity index (χ1n) is 4.96. The van der Waals surface area contributed by atoms with Gasteiger partial charge in [-0.25, -0.2) is 4.79 Å². The van der Waals surface area contributed by atoms with E-state index in [0.29, 0.717) is 34.3 Å². The molecule has 1 aliphatic heterocycles. The Morgan fingerprint density at radius 1 is 1.47 bits per heavy atom. The number of halogens is 2. The first-order valence-corrected chi connectivity index (χ1v) is 5.72.